The Morgan fingerprint density at radius 1 is 1.08 bits per heavy atom. The van der Waals surface area contributed by atoms with Crippen LogP contribution < -0.4 is 5.32 Å². The highest BCUT2D eigenvalue weighted by atomic mass is 16.5. The Morgan fingerprint density at radius 3 is 2.54 bits per heavy atom. The number of nitrogens with one attached hydrogen (secondary N) is 2. The minimum atomic E-state index is -0.695. The number of amides is 1. The molecule has 1 aromatic heterocycles. The normalized spacial score (nSPS) is 11.9. The molecule has 1 heterocycles. The van der Waals surface area contributed by atoms with Gasteiger partial charge in [-0.3, -0.25) is 4.79 Å². The van der Waals surface area contributed by atoms with Gasteiger partial charge >= 0.3 is 6.09 Å². The molecule has 0 unspecified atom stereocenters. The average molecular weight is 322 g/mol. The molecule has 3 rings (SSSR count). The Balaban J connectivity index is 1.91. The lowest BCUT2D eigenvalue weighted by atomic mass is 9.97. The highest BCUT2D eigenvalue weighted by molar-refractivity contribution is 6.11. The second kappa shape index (κ2) is 7.00. The Bertz CT molecular complexity index is 855. The van der Waals surface area contributed by atoms with Gasteiger partial charge < -0.3 is 15.0 Å². The standard InChI is InChI=1S/C19H18N2O3/c1-24-19(23)21-17(11-13-7-3-2-4-8-13)18(22)15-12-20-16-10-6-5-9-14(15)16/h2-10,12,17,20H,11H2,1H3,(H,21,23)/t17-/m0/s1. The van der Waals surface area contributed by atoms with E-state index in [1.54, 1.807) is 6.20 Å². The van der Waals surface area contributed by atoms with Crippen LogP contribution in [0.1, 0.15) is 15.9 Å². The number of rotatable bonds is 5. The maximum atomic E-state index is 13.0. The van der Waals surface area contributed by atoms with Crippen LogP contribution in [0.2, 0.25) is 0 Å². The molecule has 3 aromatic rings. The molecule has 2 N–H and O–H groups in total. The van der Waals surface area contributed by atoms with Gasteiger partial charge in [-0.25, -0.2) is 4.79 Å². The zero-order valence-electron chi connectivity index (χ0n) is 13.3. The first kappa shape index (κ1) is 15.8. The van der Waals surface area contributed by atoms with Gasteiger partial charge in [-0.2, -0.15) is 0 Å². The van der Waals surface area contributed by atoms with Crippen molar-refractivity contribution < 1.29 is 14.3 Å². The molecule has 122 valence electrons. The third-order valence-electron chi connectivity index (χ3n) is 3.93. The van der Waals surface area contributed by atoms with E-state index >= 15 is 0 Å². The Morgan fingerprint density at radius 2 is 1.79 bits per heavy atom. The molecule has 5 heteroatoms. The number of hydrogen-bond acceptors (Lipinski definition) is 3. The van der Waals surface area contributed by atoms with Crippen molar-refractivity contribution in [3.63, 3.8) is 0 Å². The molecular weight excluding hydrogens is 304 g/mol. The molecule has 0 aliphatic rings. The lowest BCUT2D eigenvalue weighted by Gasteiger charge is -2.17. The number of aromatic amines is 1. The molecule has 1 amide bonds. The van der Waals surface area contributed by atoms with E-state index in [2.05, 4.69) is 15.0 Å². The summed E-state index contributed by atoms with van der Waals surface area (Å²) in [6.45, 7) is 0. The van der Waals surface area contributed by atoms with E-state index in [-0.39, 0.29) is 5.78 Å². The minimum Gasteiger partial charge on any atom is -0.453 e. The molecule has 0 saturated heterocycles. The first-order valence-electron chi connectivity index (χ1n) is 7.68. The van der Waals surface area contributed by atoms with E-state index < -0.39 is 12.1 Å². The fourth-order valence-corrected chi connectivity index (χ4v) is 2.72. The van der Waals surface area contributed by atoms with E-state index in [1.165, 1.54) is 7.11 Å². The van der Waals surface area contributed by atoms with Crippen molar-refractivity contribution in [1.29, 1.82) is 0 Å². The van der Waals surface area contributed by atoms with Crippen LogP contribution in [0.5, 0.6) is 0 Å². The van der Waals surface area contributed by atoms with Crippen LogP contribution in [0.4, 0.5) is 4.79 Å². The Labute approximate surface area is 139 Å². The predicted molar refractivity (Wildman–Crippen MR) is 92.1 cm³/mol. The molecule has 0 aliphatic heterocycles. The van der Waals surface area contributed by atoms with Gasteiger partial charge in [0.2, 0.25) is 0 Å². The molecule has 2 aromatic carbocycles. The molecule has 24 heavy (non-hydrogen) atoms. The largest absolute Gasteiger partial charge is 0.453 e. The summed E-state index contributed by atoms with van der Waals surface area (Å²) >= 11 is 0. The van der Waals surface area contributed by atoms with Gasteiger partial charge in [0.25, 0.3) is 0 Å². The highest BCUT2D eigenvalue weighted by Crippen LogP contribution is 2.20. The first-order chi connectivity index (χ1) is 11.7. The molecule has 0 bridgehead atoms. The Hall–Kier alpha value is -3.08. The van der Waals surface area contributed by atoms with Crippen LogP contribution in [-0.4, -0.2) is 30.0 Å². The molecule has 0 spiro atoms. The maximum absolute atomic E-state index is 13.0. The zero-order chi connectivity index (χ0) is 16.9. The molecule has 5 nitrogen and oxygen atoms in total. The quantitative estimate of drug-likeness (QED) is 0.708. The molecule has 0 radical (unpaired) electrons. The number of ketones is 1. The van der Waals surface area contributed by atoms with Gasteiger partial charge in [0.15, 0.2) is 5.78 Å². The van der Waals surface area contributed by atoms with Gasteiger partial charge in [-0.05, 0) is 11.6 Å². The van der Waals surface area contributed by atoms with Gasteiger partial charge in [0.1, 0.15) is 0 Å². The van der Waals surface area contributed by atoms with Crippen molar-refractivity contribution in [3.05, 3.63) is 71.9 Å². The van der Waals surface area contributed by atoms with E-state index in [1.807, 2.05) is 54.6 Å². The Kier molecular flexibility index (Phi) is 4.61. The van der Waals surface area contributed by atoms with Crippen molar-refractivity contribution in [2.24, 2.45) is 0 Å². The lowest BCUT2D eigenvalue weighted by molar-refractivity contribution is 0.0932. The summed E-state index contributed by atoms with van der Waals surface area (Å²) in [5.41, 5.74) is 2.41. The third-order valence-corrected chi connectivity index (χ3v) is 3.93. The van der Waals surface area contributed by atoms with Crippen molar-refractivity contribution in [2.45, 2.75) is 12.5 Å². The summed E-state index contributed by atoms with van der Waals surface area (Å²) < 4.78 is 4.66. The summed E-state index contributed by atoms with van der Waals surface area (Å²) in [5, 5.41) is 3.48. The second-order valence-electron chi connectivity index (χ2n) is 5.49. The van der Waals surface area contributed by atoms with Crippen LogP contribution in [0, 0.1) is 0 Å². The molecule has 0 fully saturated rings. The fourth-order valence-electron chi connectivity index (χ4n) is 2.72. The number of para-hydroxylation sites is 1. The fraction of sp³-hybridized carbons (Fsp3) is 0.158. The maximum Gasteiger partial charge on any atom is 0.407 e. The predicted octanol–water partition coefficient (Wildman–Crippen LogP) is 3.32. The SMILES string of the molecule is COC(=O)N[C@@H](Cc1ccccc1)C(=O)c1c[nH]c2ccccc12. The van der Waals surface area contributed by atoms with Crippen molar-refractivity contribution >= 4 is 22.8 Å². The van der Waals surface area contributed by atoms with Crippen molar-refractivity contribution in [2.75, 3.05) is 7.11 Å². The number of carbonyl (C=O) groups is 2. The third kappa shape index (κ3) is 3.30. The number of Topliss-reactive ketones (excluding diaryl/α,β-unsaturated/α-hetero) is 1. The summed E-state index contributed by atoms with van der Waals surface area (Å²) in [4.78, 5) is 27.7. The number of alkyl carbamates (subject to hydrolysis) is 1. The summed E-state index contributed by atoms with van der Waals surface area (Å²) in [6.07, 6.45) is 1.46. The van der Waals surface area contributed by atoms with Gasteiger partial charge in [0.05, 0.1) is 13.2 Å². The molecule has 0 saturated carbocycles. The number of hydrogen-bond donors (Lipinski definition) is 2. The van der Waals surface area contributed by atoms with Crippen molar-refractivity contribution in [1.82, 2.24) is 10.3 Å². The molecular formula is C19H18N2O3. The summed E-state index contributed by atoms with van der Waals surface area (Å²) in [6, 6.07) is 16.5. The number of ether oxygens (including phenoxy) is 1. The lowest BCUT2D eigenvalue weighted by Crippen LogP contribution is -2.42. The van der Waals surface area contributed by atoms with Crippen molar-refractivity contribution in [3.8, 4) is 0 Å². The molecule has 1 atom stereocenters. The van der Waals surface area contributed by atoms with Gasteiger partial charge in [-0.15, -0.1) is 0 Å². The number of aromatic nitrogens is 1. The summed E-state index contributed by atoms with van der Waals surface area (Å²) in [5.74, 6) is -0.151. The van der Waals surface area contributed by atoms with E-state index in [4.69, 9.17) is 0 Å². The minimum absolute atomic E-state index is 0.151. The first-order valence-corrected chi connectivity index (χ1v) is 7.68. The topological polar surface area (TPSA) is 71.2 Å². The van der Waals surface area contributed by atoms with E-state index in [0.717, 1.165) is 16.5 Å². The number of H-pyrrole nitrogens is 1. The molecule has 0 aliphatic carbocycles. The van der Waals surface area contributed by atoms with Crippen LogP contribution in [0.25, 0.3) is 10.9 Å². The van der Waals surface area contributed by atoms with Gasteiger partial charge in [-0.1, -0.05) is 48.5 Å². The van der Waals surface area contributed by atoms with Crippen LogP contribution in [0.15, 0.2) is 60.8 Å². The average Bonchev–Trinajstić information content (AvgIpc) is 3.05. The summed E-state index contributed by atoms with van der Waals surface area (Å²) in [7, 11) is 1.28. The van der Waals surface area contributed by atoms with Crippen LogP contribution >= 0.6 is 0 Å². The number of carbonyl (C=O) groups excluding carboxylic acids is 2. The number of methoxy groups -OCH3 is 1. The number of fused-ring (bicyclic) bond motifs is 1. The highest BCUT2D eigenvalue weighted by Gasteiger charge is 2.25. The number of benzene rings is 2. The van der Waals surface area contributed by atoms with Gasteiger partial charge in [0, 0.05) is 29.1 Å². The second-order valence-corrected chi connectivity index (χ2v) is 5.49. The smallest absolute Gasteiger partial charge is 0.407 e. The van der Waals surface area contributed by atoms with Crippen LogP contribution in [-0.2, 0) is 11.2 Å². The van der Waals surface area contributed by atoms with Crippen LogP contribution in [0.3, 0.4) is 0 Å². The van der Waals surface area contributed by atoms with E-state index in [9.17, 15) is 9.59 Å². The van der Waals surface area contributed by atoms with E-state index in [0.29, 0.717) is 12.0 Å². The monoisotopic (exact) mass is 322 g/mol. The zero-order valence-corrected chi connectivity index (χ0v) is 13.3.